The third-order valence-electron chi connectivity index (χ3n) is 3.33. The van der Waals surface area contributed by atoms with Crippen molar-refractivity contribution in [2.45, 2.75) is 19.8 Å². The van der Waals surface area contributed by atoms with Gasteiger partial charge in [-0.2, -0.15) is 5.10 Å². The standard InChI is InChI=1S/C19H20ClN3O3/c1-2-3-12-26-17-10-4-14(5-11-17)13-21-23-19(25)18(24)22-16-8-6-15(20)7-9-16/h4-11,13H,2-3,12H2,1H3,(H,22,24)(H,23,25)/b21-13+. The van der Waals surface area contributed by atoms with Gasteiger partial charge in [-0.1, -0.05) is 24.9 Å². The van der Waals surface area contributed by atoms with Crippen LogP contribution in [0.15, 0.2) is 53.6 Å². The molecule has 0 aliphatic carbocycles. The molecule has 136 valence electrons. The molecule has 0 fully saturated rings. The monoisotopic (exact) mass is 373 g/mol. The van der Waals surface area contributed by atoms with Crippen molar-refractivity contribution in [1.82, 2.24) is 5.43 Å². The van der Waals surface area contributed by atoms with Gasteiger partial charge in [-0.3, -0.25) is 9.59 Å². The molecule has 0 saturated carbocycles. The highest BCUT2D eigenvalue weighted by Crippen LogP contribution is 2.13. The highest BCUT2D eigenvalue weighted by Gasteiger charge is 2.12. The summed E-state index contributed by atoms with van der Waals surface area (Å²) in [7, 11) is 0. The smallest absolute Gasteiger partial charge is 0.329 e. The average Bonchev–Trinajstić information content (AvgIpc) is 2.65. The van der Waals surface area contributed by atoms with Crippen LogP contribution in [0.4, 0.5) is 5.69 Å². The largest absolute Gasteiger partial charge is 0.494 e. The number of nitrogens with zero attached hydrogens (tertiary/aromatic N) is 1. The van der Waals surface area contributed by atoms with Crippen LogP contribution < -0.4 is 15.5 Å². The summed E-state index contributed by atoms with van der Waals surface area (Å²) in [6.07, 6.45) is 3.53. The Morgan fingerprint density at radius 2 is 1.77 bits per heavy atom. The van der Waals surface area contributed by atoms with Gasteiger partial charge in [0, 0.05) is 10.7 Å². The number of carbonyl (C=O) groups excluding carboxylic acids is 2. The number of hydrazone groups is 1. The first kappa shape index (κ1) is 19.5. The van der Waals surface area contributed by atoms with E-state index in [4.69, 9.17) is 16.3 Å². The minimum atomic E-state index is -0.865. The van der Waals surface area contributed by atoms with Crippen molar-refractivity contribution in [3.05, 3.63) is 59.1 Å². The molecule has 26 heavy (non-hydrogen) atoms. The number of ether oxygens (including phenoxy) is 1. The Labute approximate surface area is 157 Å². The Morgan fingerprint density at radius 3 is 2.42 bits per heavy atom. The van der Waals surface area contributed by atoms with Crippen molar-refractivity contribution < 1.29 is 14.3 Å². The number of unbranched alkanes of at least 4 members (excludes halogenated alkanes) is 1. The van der Waals surface area contributed by atoms with E-state index in [9.17, 15) is 9.59 Å². The van der Waals surface area contributed by atoms with E-state index in [1.165, 1.54) is 6.21 Å². The van der Waals surface area contributed by atoms with Gasteiger partial charge in [-0.15, -0.1) is 0 Å². The third kappa shape index (κ3) is 6.57. The molecule has 0 bridgehead atoms. The summed E-state index contributed by atoms with van der Waals surface area (Å²) in [4.78, 5) is 23.5. The lowest BCUT2D eigenvalue weighted by Crippen LogP contribution is -2.32. The normalized spacial score (nSPS) is 10.5. The van der Waals surface area contributed by atoms with E-state index >= 15 is 0 Å². The van der Waals surface area contributed by atoms with Crippen LogP contribution in [0, 0.1) is 0 Å². The molecule has 2 rings (SSSR count). The molecule has 0 unspecified atom stereocenters. The average molecular weight is 374 g/mol. The van der Waals surface area contributed by atoms with E-state index in [0.717, 1.165) is 24.2 Å². The van der Waals surface area contributed by atoms with Gasteiger partial charge in [0.2, 0.25) is 0 Å². The zero-order valence-electron chi connectivity index (χ0n) is 14.4. The summed E-state index contributed by atoms with van der Waals surface area (Å²) in [5, 5.41) is 6.77. The maximum atomic E-state index is 11.8. The molecule has 0 saturated heterocycles. The molecule has 0 aromatic heterocycles. The number of benzene rings is 2. The van der Waals surface area contributed by atoms with Gasteiger partial charge in [0.15, 0.2) is 0 Å². The fourth-order valence-electron chi connectivity index (χ4n) is 1.92. The first-order valence-electron chi connectivity index (χ1n) is 8.21. The van der Waals surface area contributed by atoms with E-state index in [0.29, 0.717) is 17.3 Å². The van der Waals surface area contributed by atoms with E-state index in [2.05, 4.69) is 22.8 Å². The molecule has 0 aliphatic rings. The number of amides is 2. The van der Waals surface area contributed by atoms with Crippen molar-refractivity contribution in [3.63, 3.8) is 0 Å². The van der Waals surface area contributed by atoms with Crippen molar-refractivity contribution in [2.75, 3.05) is 11.9 Å². The Morgan fingerprint density at radius 1 is 1.08 bits per heavy atom. The molecule has 0 heterocycles. The van der Waals surface area contributed by atoms with Crippen LogP contribution in [0.3, 0.4) is 0 Å². The van der Waals surface area contributed by atoms with Crippen molar-refractivity contribution >= 4 is 35.3 Å². The van der Waals surface area contributed by atoms with Crippen LogP contribution in [-0.4, -0.2) is 24.6 Å². The van der Waals surface area contributed by atoms with Crippen LogP contribution in [0.25, 0.3) is 0 Å². The Bertz CT molecular complexity index is 759. The quantitative estimate of drug-likeness (QED) is 0.337. The van der Waals surface area contributed by atoms with Gasteiger partial charge in [0.25, 0.3) is 0 Å². The summed E-state index contributed by atoms with van der Waals surface area (Å²) < 4.78 is 5.56. The van der Waals surface area contributed by atoms with Crippen LogP contribution in [0.1, 0.15) is 25.3 Å². The number of nitrogens with one attached hydrogen (secondary N) is 2. The fourth-order valence-corrected chi connectivity index (χ4v) is 2.05. The molecule has 0 atom stereocenters. The molecule has 6 nitrogen and oxygen atoms in total. The number of anilines is 1. The summed E-state index contributed by atoms with van der Waals surface area (Å²) in [6, 6.07) is 13.7. The minimum absolute atomic E-state index is 0.470. The lowest BCUT2D eigenvalue weighted by molar-refractivity contribution is -0.136. The number of hydrogen-bond donors (Lipinski definition) is 2. The molecule has 0 aliphatic heterocycles. The summed E-state index contributed by atoms with van der Waals surface area (Å²) in [5.74, 6) is -0.901. The van der Waals surface area contributed by atoms with Crippen LogP contribution in [0.5, 0.6) is 5.75 Å². The summed E-state index contributed by atoms with van der Waals surface area (Å²) in [6.45, 7) is 2.79. The molecule has 2 N–H and O–H groups in total. The zero-order chi connectivity index (χ0) is 18.8. The van der Waals surface area contributed by atoms with Gasteiger partial charge in [-0.05, 0) is 60.5 Å². The number of rotatable bonds is 7. The maximum Gasteiger partial charge on any atom is 0.329 e. The fraction of sp³-hybridized carbons (Fsp3) is 0.211. The Kier molecular flexibility index (Phi) is 7.64. The Hall–Kier alpha value is -2.86. The van der Waals surface area contributed by atoms with Crippen molar-refractivity contribution in [3.8, 4) is 5.75 Å². The van der Waals surface area contributed by atoms with E-state index in [1.807, 2.05) is 24.3 Å². The lowest BCUT2D eigenvalue weighted by Gasteiger charge is -2.05. The predicted octanol–water partition coefficient (Wildman–Crippen LogP) is 3.61. The van der Waals surface area contributed by atoms with Crippen LogP contribution >= 0.6 is 11.6 Å². The maximum absolute atomic E-state index is 11.8. The van der Waals surface area contributed by atoms with Gasteiger partial charge >= 0.3 is 11.8 Å². The first-order valence-corrected chi connectivity index (χ1v) is 8.59. The van der Waals surface area contributed by atoms with E-state index in [-0.39, 0.29) is 0 Å². The zero-order valence-corrected chi connectivity index (χ0v) is 15.1. The van der Waals surface area contributed by atoms with Crippen molar-refractivity contribution in [2.24, 2.45) is 5.10 Å². The second kappa shape index (κ2) is 10.2. The molecular weight excluding hydrogens is 354 g/mol. The van der Waals surface area contributed by atoms with Crippen molar-refractivity contribution in [1.29, 1.82) is 0 Å². The highest BCUT2D eigenvalue weighted by molar-refractivity contribution is 6.39. The Balaban J connectivity index is 1.80. The summed E-state index contributed by atoms with van der Waals surface area (Å²) >= 11 is 5.76. The van der Waals surface area contributed by atoms with Gasteiger partial charge < -0.3 is 10.1 Å². The molecular formula is C19H20ClN3O3. The molecule has 7 heteroatoms. The minimum Gasteiger partial charge on any atom is -0.494 e. The van der Waals surface area contributed by atoms with Crippen LogP contribution in [-0.2, 0) is 9.59 Å². The molecule has 0 radical (unpaired) electrons. The topological polar surface area (TPSA) is 79.8 Å². The number of halogens is 1. The molecule has 2 aromatic carbocycles. The first-order chi connectivity index (χ1) is 12.6. The highest BCUT2D eigenvalue weighted by atomic mass is 35.5. The van der Waals surface area contributed by atoms with Gasteiger partial charge in [-0.25, -0.2) is 5.43 Å². The second-order valence-corrected chi connectivity index (χ2v) is 5.87. The van der Waals surface area contributed by atoms with Gasteiger partial charge in [0.05, 0.1) is 12.8 Å². The lowest BCUT2D eigenvalue weighted by atomic mass is 10.2. The molecule has 2 aromatic rings. The predicted molar refractivity (Wildman–Crippen MR) is 103 cm³/mol. The summed E-state index contributed by atoms with van der Waals surface area (Å²) in [5.41, 5.74) is 3.42. The SMILES string of the molecule is CCCCOc1ccc(/C=N/NC(=O)C(=O)Nc2ccc(Cl)cc2)cc1. The van der Waals surface area contributed by atoms with Gasteiger partial charge in [0.1, 0.15) is 5.75 Å². The molecule has 0 spiro atoms. The van der Waals surface area contributed by atoms with E-state index < -0.39 is 11.8 Å². The molecule has 2 amide bonds. The number of hydrogen-bond acceptors (Lipinski definition) is 4. The van der Waals surface area contributed by atoms with E-state index in [1.54, 1.807) is 24.3 Å². The third-order valence-corrected chi connectivity index (χ3v) is 3.59. The second-order valence-electron chi connectivity index (χ2n) is 5.43. The van der Waals surface area contributed by atoms with Crippen LogP contribution in [0.2, 0.25) is 5.02 Å². The number of carbonyl (C=O) groups is 2.